The molecule has 23 heavy (non-hydrogen) atoms. The molecule has 5 heteroatoms. The molecule has 122 valence electrons. The lowest BCUT2D eigenvalue weighted by Gasteiger charge is -2.15. The number of rotatable bonds is 5. The van der Waals surface area contributed by atoms with Crippen molar-refractivity contribution >= 4 is 10.0 Å². The first-order valence-electron chi connectivity index (χ1n) is 7.78. The Morgan fingerprint density at radius 2 is 2.04 bits per heavy atom. The highest BCUT2D eigenvalue weighted by molar-refractivity contribution is 7.89. The predicted molar refractivity (Wildman–Crippen MR) is 90.3 cm³/mol. The zero-order chi connectivity index (χ0) is 16.4. The van der Waals surface area contributed by atoms with E-state index in [2.05, 4.69) is 10.8 Å². The van der Waals surface area contributed by atoms with Crippen molar-refractivity contribution in [1.82, 2.24) is 4.72 Å². The Kier molecular flexibility index (Phi) is 4.41. The molecule has 0 amide bonds. The van der Waals surface area contributed by atoms with Gasteiger partial charge in [0, 0.05) is 12.5 Å². The van der Waals surface area contributed by atoms with Crippen LogP contribution in [0.2, 0.25) is 0 Å². The lowest BCUT2D eigenvalue weighted by Crippen LogP contribution is -2.34. The van der Waals surface area contributed by atoms with E-state index < -0.39 is 10.0 Å². The Bertz CT molecular complexity index is 815. The van der Waals surface area contributed by atoms with Crippen LogP contribution in [0.5, 0.6) is 5.75 Å². The zero-order valence-corrected chi connectivity index (χ0v) is 14.2. The Labute approximate surface area is 137 Å². The number of ether oxygens (including phenoxy) is 1. The van der Waals surface area contributed by atoms with Crippen molar-refractivity contribution in [2.75, 3.05) is 6.61 Å². The van der Waals surface area contributed by atoms with Crippen LogP contribution in [-0.2, 0) is 22.9 Å². The number of benzene rings is 2. The summed E-state index contributed by atoms with van der Waals surface area (Å²) < 4.78 is 33.1. The van der Waals surface area contributed by atoms with Crippen molar-refractivity contribution in [2.24, 2.45) is 0 Å². The fourth-order valence-electron chi connectivity index (χ4n) is 2.88. The number of fused-ring (bicyclic) bond motifs is 1. The number of hydrogen-bond donors (Lipinski definition) is 1. The summed E-state index contributed by atoms with van der Waals surface area (Å²) in [6.07, 6.45) is 1.57. The SMILES string of the molecule is Cc1cccc(S(=O)(=O)NC(C)Cc2ccc3c(c2)CCO3)c1. The molecule has 0 radical (unpaired) electrons. The first-order chi connectivity index (χ1) is 10.9. The van der Waals surface area contributed by atoms with Crippen LogP contribution in [0.4, 0.5) is 0 Å². The van der Waals surface area contributed by atoms with E-state index in [1.165, 1.54) is 5.56 Å². The lowest BCUT2D eigenvalue weighted by atomic mass is 10.0. The molecule has 0 spiro atoms. The van der Waals surface area contributed by atoms with Crippen LogP contribution in [-0.4, -0.2) is 21.1 Å². The van der Waals surface area contributed by atoms with Gasteiger partial charge < -0.3 is 4.74 Å². The summed E-state index contributed by atoms with van der Waals surface area (Å²) in [5.41, 5.74) is 3.25. The monoisotopic (exact) mass is 331 g/mol. The van der Waals surface area contributed by atoms with Crippen LogP contribution in [0, 0.1) is 6.92 Å². The van der Waals surface area contributed by atoms with E-state index in [1.54, 1.807) is 18.2 Å². The second-order valence-electron chi connectivity index (χ2n) is 6.08. The van der Waals surface area contributed by atoms with Crippen LogP contribution in [0.25, 0.3) is 0 Å². The predicted octanol–water partition coefficient (Wildman–Crippen LogP) is 2.84. The quantitative estimate of drug-likeness (QED) is 0.916. The summed E-state index contributed by atoms with van der Waals surface area (Å²) >= 11 is 0. The highest BCUT2D eigenvalue weighted by Crippen LogP contribution is 2.26. The number of sulfonamides is 1. The van der Waals surface area contributed by atoms with E-state index in [9.17, 15) is 8.42 Å². The van der Waals surface area contributed by atoms with Gasteiger partial charge >= 0.3 is 0 Å². The molecule has 0 aromatic heterocycles. The molecule has 2 aromatic carbocycles. The molecule has 1 heterocycles. The average Bonchev–Trinajstić information content (AvgIpc) is 2.94. The van der Waals surface area contributed by atoms with Crippen molar-refractivity contribution in [2.45, 2.75) is 37.6 Å². The third-order valence-electron chi connectivity index (χ3n) is 3.95. The van der Waals surface area contributed by atoms with E-state index in [0.717, 1.165) is 29.9 Å². The Balaban J connectivity index is 1.70. The van der Waals surface area contributed by atoms with Crippen LogP contribution in [0.1, 0.15) is 23.6 Å². The number of hydrogen-bond acceptors (Lipinski definition) is 3. The van der Waals surface area contributed by atoms with Gasteiger partial charge in [-0.1, -0.05) is 24.3 Å². The van der Waals surface area contributed by atoms with Crippen molar-refractivity contribution in [3.8, 4) is 5.75 Å². The molecule has 1 atom stereocenters. The van der Waals surface area contributed by atoms with Crippen LogP contribution < -0.4 is 9.46 Å². The van der Waals surface area contributed by atoms with E-state index in [4.69, 9.17) is 4.74 Å². The van der Waals surface area contributed by atoms with Crippen molar-refractivity contribution in [3.05, 3.63) is 59.2 Å². The molecule has 2 aromatic rings. The lowest BCUT2D eigenvalue weighted by molar-refractivity contribution is 0.357. The fraction of sp³-hybridized carbons (Fsp3) is 0.333. The summed E-state index contributed by atoms with van der Waals surface area (Å²) in [7, 11) is -3.49. The Hall–Kier alpha value is -1.85. The van der Waals surface area contributed by atoms with E-state index >= 15 is 0 Å². The minimum Gasteiger partial charge on any atom is -0.493 e. The molecule has 0 fully saturated rings. The molecule has 0 bridgehead atoms. The number of aryl methyl sites for hydroxylation is 1. The van der Waals surface area contributed by atoms with E-state index in [-0.39, 0.29) is 6.04 Å². The zero-order valence-electron chi connectivity index (χ0n) is 13.4. The number of nitrogens with one attached hydrogen (secondary N) is 1. The minimum atomic E-state index is -3.49. The molecule has 1 aliphatic heterocycles. The third-order valence-corrected chi connectivity index (χ3v) is 5.54. The van der Waals surface area contributed by atoms with E-state index in [1.807, 2.05) is 32.0 Å². The van der Waals surface area contributed by atoms with E-state index in [0.29, 0.717) is 11.3 Å². The van der Waals surface area contributed by atoms with Crippen molar-refractivity contribution in [1.29, 1.82) is 0 Å². The molecular weight excluding hydrogens is 310 g/mol. The molecule has 1 aliphatic rings. The molecular formula is C18H21NO3S. The van der Waals surface area contributed by atoms with Crippen LogP contribution in [0.3, 0.4) is 0 Å². The summed E-state index contributed by atoms with van der Waals surface area (Å²) in [5.74, 6) is 0.946. The maximum atomic E-state index is 12.4. The molecule has 0 saturated carbocycles. The van der Waals surface area contributed by atoms with Gasteiger partial charge in [-0.15, -0.1) is 0 Å². The summed E-state index contributed by atoms with van der Waals surface area (Å²) in [5, 5.41) is 0. The Morgan fingerprint density at radius 3 is 2.83 bits per heavy atom. The van der Waals surface area contributed by atoms with Crippen LogP contribution >= 0.6 is 0 Å². The topological polar surface area (TPSA) is 55.4 Å². The van der Waals surface area contributed by atoms with Gasteiger partial charge in [0.15, 0.2) is 0 Å². The highest BCUT2D eigenvalue weighted by atomic mass is 32.2. The summed E-state index contributed by atoms with van der Waals surface area (Å²) in [6, 6.07) is 12.8. The second kappa shape index (κ2) is 6.34. The van der Waals surface area contributed by atoms with Gasteiger partial charge in [-0.3, -0.25) is 0 Å². The normalized spacial score (nSPS) is 15.0. The standard InChI is InChI=1S/C18H21NO3S/c1-13-4-3-5-17(10-13)23(20,21)19-14(2)11-15-6-7-18-16(12-15)8-9-22-18/h3-7,10,12,14,19H,8-9,11H2,1-2H3. The largest absolute Gasteiger partial charge is 0.493 e. The van der Waals surface area contributed by atoms with Crippen molar-refractivity contribution in [3.63, 3.8) is 0 Å². The van der Waals surface area contributed by atoms with Gasteiger partial charge in [0.2, 0.25) is 10.0 Å². The Morgan fingerprint density at radius 1 is 1.22 bits per heavy atom. The molecule has 0 aliphatic carbocycles. The van der Waals surface area contributed by atoms with Crippen molar-refractivity contribution < 1.29 is 13.2 Å². The van der Waals surface area contributed by atoms with Gasteiger partial charge in [-0.05, 0) is 55.2 Å². The second-order valence-corrected chi connectivity index (χ2v) is 7.80. The average molecular weight is 331 g/mol. The third kappa shape index (κ3) is 3.74. The fourth-order valence-corrected chi connectivity index (χ4v) is 4.23. The van der Waals surface area contributed by atoms with Gasteiger partial charge in [-0.25, -0.2) is 13.1 Å². The summed E-state index contributed by atoms with van der Waals surface area (Å²) in [4.78, 5) is 0.312. The van der Waals surface area contributed by atoms with Gasteiger partial charge in [0.1, 0.15) is 5.75 Å². The highest BCUT2D eigenvalue weighted by Gasteiger charge is 2.18. The van der Waals surface area contributed by atoms with Gasteiger partial charge in [0.25, 0.3) is 0 Å². The first kappa shape index (κ1) is 16.0. The van der Waals surface area contributed by atoms with Crippen LogP contribution in [0.15, 0.2) is 47.4 Å². The maximum absolute atomic E-state index is 12.4. The van der Waals surface area contributed by atoms with Gasteiger partial charge in [-0.2, -0.15) is 0 Å². The molecule has 1 N–H and O–H groups in total. The summed E-state index contributed by atoms with van der Waals surface area (Å²) in [6.45, 7) is 4.50. The molecule has 4 nitrogen and oxygen atoms in total. The maximum Gasteiger partial charge on any atom is 0.240 e. The molecule has 3 rings (SSSR count). The molecule has 1 unspecified atom stereocenters. The van der Waals surface area contributed by atoms with Gasteiger partial charge in [0.05, 0.1) is 11.5 Å². The smallest absolute Gasteiger partial charge is 0.240 e. The molecule has 0 saturated heterocycles. The first-order valence-corrected chi connectivity index (χ1v) is 9.26. The minimum absolute atomic E-state index is 0.180.